The van der Waals surface area contributed by atoms with Crippen LogP contribution >= 0.6 is 11.3 Å². The van der Waals surface area contributed by atoms with E-state index in [4.69, 9.17) is 5.10 Å². The molecule has 1 amide bonds. The molecule has 1 fully saturated rings. The SMILES string of the molecule is CN1CCN(CCCNC(=O)/C=C/c2cn(-c3ccccc3)nc2-c2cccs2)CC1. The van der Waals surface area contributed by atoms with Crippen LogP contribution in [0.25, 0.3) is 22.3 Å². The molecule has 4 rings (SSSR count). The molecular formula is C24H29N5OS. The Morgan fingerprint density at radius 2 is 1.94 bits per heavy atom. The summed E-state index contributed by atoms with van der Waals surface area (Å²) in [6.07, 6.45) is 6.41. The van der Waals surface area contributed by atoms with E-state index in [2.05, 4.69) is 28.2 Å². The summed E-state index contributed by atoms with van der Waals surface area (Å²) in [5.74, 6) is -0.0667. The molecule has 0 spiro atoms. The van der Waals surface area contributed by atoms with E-state index in [0.29, 0.717) is 6.54 Å². The summed E-state index contributed by atoms with van der Waals surface area (Å²) < 4.78 is 1.86. The zero-order valence-electron chi connectivity index (χ0n) is 17.9. The van der Waals surface area contributed by atoms with Gasteiger partial charge in [-0.05, 0) is 49.7 Å². The fourth-order valence-corrected chi connectivity index (χ4v) is 4.37. The lowest BCUT2D eigenvalue weighted by Gasteiger charge is -2.32. The maximum absolute atomic E-state index is 12.3. The Morgan fingerprint density at radius 3 is 2.68 bits per heavy atom. The lowest BCUT2D eigenvalue weighted by molar-refractivity contribution is -0.116. The first-order valence-electron chi connectivity index (χ1n) is 10.7. The number of thiophene rings is 1. The molecule has 1 aliphatic heterocycles. The quantitative estimate of drug-likeness (QED) is 0.435. The topological polar surface area (TPSA) is 53.4 Å². The first-order valence-corrected chi connectivity index (χ1v) is 11.6. The minimum Gasteiger partial charge on any atom is -0.353 e. The van der Waals surface area contributed by atoms with E-state index < -0.39 is 0 Å². The van der Waals surface area contributed by atoms with Crippen LogP contribution < -0.4 is 5.32 Å². The number of hydrogen-bond donors (Lipinski definition) is 1. The van der Waals surface area contributed by atoms with Gasteiger partial charge in [0, 0.05) is 50.6 Å². The van der Waals surface area contributed by atoms with Crippen LogP contribution in [0.3, 0.4) is 0 Å². The number of carbonyl (C=O) groups excluding carboxylic acids is 1. The van der Waals surface area contributed by atoms with Crippen LogP contribution in [0.2, 0.25) is 0 Å². The van der Waals surface area contributed by atoms with E-state index in [9.17, 15) is 4.79 Å². The Morgan fingerprint density at radius 1 is 1.13 bits per heavy atom. The molecule has 3 aromatic rings. The van der Waals surface area contributed by atoms with Crippen LogP contribution in [0.4, 0.5) is 0 Å². The van der Waals surface area contributed by atoms with Gasteiger partial charge in [0.15, 0.2) is 0 Å². The molecule has 0 aliphatic carbocycles. The third kappa shape index (κ3) is 5.91. The lowest BCUT2D eigenvalue weighted by atomic mass is 10.2. The Balaban J connectivity index is 1.35. The molecule has 162 valence electrons. The van der Waals surface area contributed by atoms with Crippen molar-refractivity contribution in [2.24, 2.45) is 0 Å². The minimum absolute atomic E-state index is 0.0667. The van der Waals surface area contributed by atoms with E-state index >= 15 is 0 Å². The number of nitrogens with one attached hydrogen (secondary N) is 1. The molecule has 0 radical (unpaired) electrons. The molecule has 31 heavy (non-hydrogen) atoms. The molecule has 0 bridgehead atoms. The molecule has 2 aromatic heterocycles. The van der Waals surface area contributed by atoms with E-state index in [1.54, 1.807) is 17.4 Å². The first kappa shape index (κ1) is 21.5. The largest absolute Gasteiger partial charge is 0.353 e. The van der Waals surface area contributed by atoms with E-state index in [-0.39, 0.29) is 5.91 Å². The van der Waals surface area contributed by atoms with Crippen molar-refractivity contribution in [3.63, 3.8) is 0 Å². The van der Waals surface area contributed by atoms with Crippen LogP contribution in [0.5, 0.6) is 0 Å². The summed E-state index contributed by atoms with van der Waals surface area (Å²) in [6, 6.07) is 14.1. The summed E-state index contributed by atoms with van der Waals surface area (Å²) >= 11 is 1.65. The van der Waals surface area contributed by atoms with Crippen molar-refractivity contribution >= 4 is 23.3 Å². The highest BCUT2D eigenvalue weighted by Gasteiger charge is 2.13. The molecule has 1 N–H and O–H groups in total. The highest BCUT2D eigenvalue weighted by Crippen LogP contribution is 2.28. The second kappa shape index (κ2) is 10.5. The molecule has 1 saturated heterocycles. The monoisotopic (exact) mass is 435 g/mol. The Kier molecular flexibility index (Phi) is 7.30. The second-order valence-corrected chi connectivity index (χ2v) is 8.76. The molecule has 7 heteroatoms. The number of amides is 1. The number of likely N-dealkylation sites (N-methyl/N-ethyl adjacent to an activating group) is 1. The number of para-hydroxylation sites is 1. The molecule has 3 heterocycles. The van der Waals surface area contributed by atoms with Gasteiger partial charge in [0.25, 0.3) is 0 Å². The van der Waals surface area contributed by atoms with Crippen molar-refractivity contribution in [1.29, 1.82) is 0 Å². The van der Waals surface area contributed by atoms with Crippen molar-refractivity contribution in [3.8, 4) is 16.3 Å². The lowest BCUT2D eigenvalue weighted by Crippen LogP contribution is -2.45. The van der Waals surface area contributed by atoms with E-state index in [0.717, 1.165) is 61.0 Å². The molecule has 0 saturated carbocycles. The van der Waals surface area contributed by atoms with Crippen molar-refractivity contribution in [2.75, 3.05) is 46.3 Å². The van der Waals surface area contributed by atoms with Gasteiger partial charge in [-0.2, -0.15) is 5.10 Å². The molecular weight excluding hydrogens is 406 g/mol. The zero-order chi connectivity index (χ0) is 21.5. The second-order valence-electron chi connectivity index (χ2n) is 7.81. The van der Waals surface area contributed by atoms with Gasteiger partial charge < -0.3 is 15.1 Å². The average Bonchev–Trinajstić information content (AvgIpc) is 3.47. The number of aromatic nitrogens is 2. The van der Waals surface area contributed by atoms with Gasteiger partial charge in [-0.3, -0.25) is 4.79 Å². The minimum atomic E-state index is -0.0667. The summed E-state index contributed by atoms with van der Waals surface area (Å²) in [4.78, 5) is 18.2. The smallest absolute Gasteiger partial charge is 0.244 e. The molecule has 0 atom stereocenters. The first-order chi connectivity index (χ1) is 15.2. The fraction of sp³-hybridized carbons (Fsp3) is 0.333. The van der Waals surface area contributed by atoms with Gasteiger partial charge in [0.1, 0.15) is 5.69 Å². The third-order valence-corrected chi connectivity index (χ3v) is 6.35. The highest BCUT2D eigenvalue weighted by molar-refractivity contribution is 7.13. The van der Waals surface area contributed by atoms with E-state index in [1.165, 1.54) is 0 Å². The Labute approximate surface area is 187 Å². The summed E-state index contributed by atoms with van der Waals surface area (Å²) in [7, 11) is 2.16. The van der Waals surface area contributed by atoms with Crippen LogP contribution in [-0.2, 0) is 4.79 Å². The van der Waals surface area contributed by atoms with Crippen LogP contribution in [0, 0.1) is 0 Å². The average molecular weight is 436 g/mol. The van der Waals surface area contributed by atoms with Crippen LogP contribution in [0.15, 0.2) is 60.1 Å². The number of benzene rings is 1. The van der Waals surface area contributed by atoms with Gasteiger partial charge in [-0.1, -0.05) is 24.3 Å². The van der Waals surface area contributed by atoms with Gasteiger partial charge in [-0.25, -0.2) is 4.68 Å². The standard InChI is InChI=1S/C24H29N5OS/c1-27-14-16-28(17-15-27)13-6-12-25-23(30)11-10-20-19-29(21-7-3-2-4-8-21)26-24(20)22-9-5-18-31-22/h2-5,7-11,18-19H,6,12-17H2,1H3,(H,25,30)/b11-10+. The number of hydrogen-bond acceptors (Lipinski definition) is 5. The van der Waals surface area contributed by atoms with Gasteiger partial charge in [-0.15, -0.1) is 11.3 Å². The van der Waals surface area contributed by atoms with Crippen molar-refractivity contribution in [3.05, 3.63) is 65.7 Å². The van der Waals surface area contributed by atoms with Crippen molar-refractivity contribution in [1.82, 2.24) is 24.9 Å². The van der Waals surface area contributed by atoms with Crippen LogP contribution in [-0.4, -0.2) is 71.8 Å². The Hall–Kier alpha value is -2.74. The van der Waals surface area contributed by atoms with Gasteiger partial charge in [0.2, 0.25) is 5.91 Å². The number of carbonyl (C=O) groups is 1. The maximum atomic E-state index is 12.3. The fourth-order valence-electron chi connectivity index (χ4n) is 3.64. The number of nitrogens with zero attached hydrogens (tertiary/aromatic N) is 4. The third-order valence-electron chi connectivity index (χ3n) is 5.48. The zero-order valence-corrected chi connectivity index (χ0v) is 18.7. The summed E-state index contributed by atoms with van der Waals surface area (Å²) in [5.41, 5.74) is 2.81. The molecule has 6 nitrogen and oxygen atoms in total. The summed E-state index contributed by atoms with van der Waals surface area (Å²) in [5, 5.41) is 9.81. The highest BCUT2D eigenvalue weighted by atomic mass is 32.1. The molecule has 0 unspecified atom stereocenters. The van der Waals surface area contributed by atoms with Crippen molar-refractivity contribution in [2.45, 2.75) is 6.42 Å². The predicted molar refractivity (Wildman–Crippen MR) is 127 cm³/mol. The van der Waals surface area contributed by atoms with Crippen LogP contribution in [0.1, 0.15) is 12.0 Å². The Bertz CT molecular complexity index is 988. The number of rotatable bonds is 8. The maximum Gasteiger partial charge on any atom is 0.244 e. The summed E-state index contributed by atoms with van der Waals surface area (Å²) in [6.45, 7) is 6.19. The normalized spacial score (nSPS) is 15.5. The van der Waals surface area contributed by atoms with Gasteiger partial charge in [0.05, 0.1) is 10.6 Å². The molecule has 1 aliphatic rings. The molecule has 1 aromatic carbocycles. The predicted octanol–water partition coefficient (Wildman–Crippen LogP) is 3.37. The van der Waals surface area contributed by atoms with Crippen molar-refractivity contribution < 1.29 is 4.79 Å². The van der Waals surface area contributed by atoms with E-state index in [1.807, 2.05) is 58.7 Å². The van der Waals surface area contributed by atoms with Gasteiger partial charge >= 0.3 is 0 Å². The number of piperazine rings is 1.